The van der Waals surface area contributed by atoms with Gasteiger partial charge in [0.15, 0.2) is 0 Å². The molecule has 1 aliphatic carbocycles. The Labute approximate surface area is 118 Å². The molecular formula is C17H19NO2. The average Bonchev–Trinajstić information content (AvgIpc) is 2.85. The Balaban J connectivity index is 2.29. The number of benzene rings is 1. The van der Waals surface area contributed by atoms with Gasteiger partial charge in [0.2, 0.25) is 0 Å². The van der Waals surface area contributed by atoms with Gasteiger partial charge in [0, 0.05) is 17.1 Å². The van der Waals surface area contributed by atoms with E-state index >= 15 is 0 Å². The van der Waals surface area contributed by atoms with Crippen LogP contribution in [0.3, 0.4) is 0 Å². The van der Waals surface area contributed by atoms with E-state index in [2.05, 4.69) is 36.6 Å². The van der Waals surface area contributed by atoms with E-state index in [9.17, 15) is 9.90 Å². The van der Waals surface area contributed by atoms with E-state index in [0.29, 0.717) is 5.56 Å². The summed E-state index contributed by atoms with van der Waals surface area (Å²) in [6, 6.07) is 6.40. The third kappa shape index (κ3) is 1.85. The van der Waals surface area contributed by atoms with Gasteiger partial charge in [-0.25, -0.2) is 4.79 Å². The van der Waals surface area contributed by atoms with Crippen molar-refractivity contribution < 1.29 is 9.90 Å². The van der Waals surface area contributed by atoms with E-state index in [1.165, 1.54) is 16.8 Å². The molecule has 1 N–H and O–H groups in total. The summed E-state index contributed by atoms with van der Waals surface area (Å²) in [5.41, 5.74) is 7.09. The minimum absolute atomic E-state index is 0.511. The molecule has 0 amide bonds. The van der Waals surface area contributed by atoms with Gasteiger partial charge in [-0.1, -0.05) is 6.07 Å². The molecule has 3 nitrogen and oxygen atoms in total. The van der Waals surface area contributed by atoms with Crippen LogP contribution in [0.5, 0.6) is 0 Å². The van der Waals surface area contributed by atoms with Crippen LogP contribution in [-0.2, 0) is 12.8 Å². The predicted molar refractivity (Wildman–Crippen MR) is 79.0 cm³/mol. The van der Waals surface area contributed by atoms with Gasteiger partial charge >= 0.3 is 5.97 Å². The van der Waals surface area contributed by atoms with Crippen molar-refractivity contribution in [2.75, 3.05) is 0 Å². The van der Waals surface area contributed by atoms with E-state index in [1.54, 1.807) is 0 Å². The number of nitrogens with zero attached hydrogens (tertiary/aromatic N) is 1. The standard InChI is InChI=1S/C17H19NO2/c1-10-7-11(2)9-13(8-10)18-12(3)16(17(19)20)14-5-4-6-15(14)18/h7-9H,4-6H2,1-3H3,(H,19,20). The van der Waals surface area contributed by atoms with E-state index in [4.69, 9.17) is 0 Å². The van der Waals surface area contributed by atoms with Gasteiger partial charge in [-0.05, 0) is 68.9 Å². The van der Waals surface area contributed by atoms with Gasteiger partial charge in [-0.3, -0.25) is 0 Å². The zero-order valence-corrected chi connectivity index (χ0v) is 12.2. The third-order valence-electron chi connectivity index (χ3n) is 4.14. The summed E-state index contributed by atoms with van der Waals surface area (Å²) >= 11 is 0. The summed E-state index contributed by atoms with van der Waals surface area (Å²) in [7, 11) is 0. The van der Waals surface area contributed by atoms with Crippen LogP contribution in [-0.4, -0.2) is 15.6 Å². The first-order valence-corrected chi connectivity index (χ1v) is 7.04. The monoisotopic (exact) mass is 269 g/mol. The number of hydrogen-bond donors (Lipinski definition) is 1. The van der Waals surface area contributed by atoms with Crippen LogP contribution in [0.15, 0.2) is 18.2 Å². The molecule has 0 saturated heterocycles. The minimum atomic E-state index is -0.802. The fraction of sp³-hybridized carbons (Fsp3) is 0.353. The molecule has 20 heavy (non-hydrogen) atoms. The Morgan fingerprint density at radius 3 is 2.35 bits per heavy atom. The molecule has 1 aromatic heterocycles. The van der Waals surface area contributed by atoms with E-state index < -0.39 is 5.97 Å². The second-order valence-electron chi connectivity index (χ2n) is 5.73. The molecule has 0 radical (unpaired) electrons. The number of fused-ring (bicyclic) bond motifs is 1. The molecule has 0 aliphatic heterocycles. The average molecular weight is 269 g/mol. The zero-order chi connectivity index (χ0) is 14.4. The number of hydrogen-bond acceptors (Lipinski definition) is 1. The van der Waals surface area contributed by atoms with Crippen molar-refractivity contribution in [3.8, 4) is 5.69 Å². The molecule has 1 aromatic carbocycles. The largest absolute Gasteiger partial charge is 0.478 e. The highest BCUT2D eigenvalue weighted by Gasteiger charge is 2.28. The van der Waals surface area contributed by atoms with Gasteiger partial charge in [-0.2, -0.15) is 0 Å². The second-order valence-corrected chi connectivity index (χ2v) is 5.73. The molecule has 0 spiro atoms. The fourth-order valence-electron chi connectivity index (χ4n) is 3.49. The number of carbonyl (C=O) groups is 1. The highest BCUT2D eigenvalue weighted by Crippen LogP contribution is 2.33. The van der Waals surface area contributed by atoms with Crippen LogP contribution in [0, 0.1) is 20.8 Å². The Kier molecular flexibility index (Phi) is 2.93. The molecule has 0 fully saturated rings. The summed E-state index contributed by atoms with van der Waals surface area (Å²) in [6.45, 7) is 6.07. The summed E-state index contributed by atoms with van der Waals surface area (Å²) in [5, 5.41) is 9.49. The SMILES string of the molecule is Cc1cc(C)cc(-n2c(C)c(C(=O)O)c3c2CCC3)c1. The highest BCUT2D eigenvalue weighted by molar-refractivity contribution is 5.92. The lowest BCUT2D eigenvalue weighted by Crippen LogP contribution is -2.05. The van der Waals surface area contributed by atoms with Gasteiger partial charge < -0.3 is 9.67 Å². The Bertz CT molecular complexity index is 690. The van der Waals surface area contributed by atoms with Crippen molar-refractivity contribution in [3.63, 3.8) is 0 Å². The maximum atomic E-state index is 11.5. The lowest BCUT2D eigenvalue weighted by atomic mass is 10.1. The van der Waals surface area contributed by atoms with Crippen LogP contribution in [0.2, 0.25) is 0 Å². The van der Waals surface area contributed by atoms with E-state index in [0.717, 1.165) is 36.2 Å². The molecule has 2 aromatic rings. The van der Waals surface area contributed by atoms with Crippen molar-refractivity contribution in [1.82, 2.24) is 4.57 Å². The van der Waals surface area contributed by atoms with Crippen LogP contribution in [0.4, 0.5) is 0 Å². The molecule has 3 rings (SSSR count). The fourth-order valence-corrected chi connectivity index (χ4v) is 3.49. The van der Waals surface area contributed by atoms with Gasteiger partial charge in [0.05, 0.1) is 5.56 Å². The molecule has 104 valence electrons. The number of aromatic nitrogens is 1. The van der Waals surface area contributed by atoms with Crippen LogP contribution >= 0.6 is 0 Å². The van der Waals surface area contributed by atoms with E-state index in [-0.39, 0.29) is 0 Å². The van der Waals surface area contributed by atoms with Crippen LogP contribution in [0.1, 0.15) is 44.9 Å². The van der Waals surface area contributed by atoms with Gasteiger partial charge in [-0.15, -0.1) is 0 Å². The quantitative estimate of drug-likeness (QED) is 0.905. The number of aromatic carboxylic acids is 1. The van der Waals surface area contributed by atoms with Crippen molar-refractivity contribution >= 4 is 5.97 Å². The van der Waals surface area contributed by atoms with Gasteiger partial charge in [0.25, 0.3) is 0 Å². The Morgan fingerprint density at radius 1 is 1.10 bits per heavy atom. The maximum absolute atomic E-state index is 11.5. The molecule has 0 unspecified atom stereocenters. The minimum Gasteiger partial charge on any atom is -0.478 e. The summed E-state index contributed by atoms with van der Waals surface area (Å²) in [4.78, 5) is 11.5. The first kappa shape index (κ1) is 13.0. The smallest absolute Gasteiger partial charge is 0.337 e. The first-order valence-electron chi connectivity index (χ1n) is 7.04. The molecule has 0 bridgehead atoms. The van der Waals surface area contributed by atoms with Crippen LogP contribution < -0.4 is 0 Å². The number of aryl methyl sites for hydroxylation is 2. The first-order chi connectivity index (χ1) is 9.49. The van der Waals surface area contributed by atoms with Gasteiger partial charge in [0.1, 0.15) is 0 Å². The molecule has 0 atom stereocenters. The summed E-state index contributed by atoms with van der Waals surface area (Å²) in [6.07, 6.45) is 2.90. The van der Waals surface area contributed by atoms with Crippen molar-refractivity contribution in [2.24, 2.45) is 0 Å². The highest BCUT2D eigenvalue weighted by atomic mass is 16.4. The lowest BCUT2D eigenvalue weighted by Gasteiger charge is -2.12. The van der Waals surface area contributed by atoms with Crippen molar-refractivity contribution in [3.05, 3.63) is 51.8 Å². The maximum Gasteiger partial charge on any atom is 0.337 e. The second kappa shape index (κ2) is 4.51. The zero-order valence-electron chi connectivity index (χ0n) is 12.2. The normalized spacial score (nSPS) is 13.6. The number of carboxylic acid groups (broad SMARTS) is 1. The molecule has 1 aliphatic rings. The number of carboxylic acids is 1. The molecule has 0 saturated carbocycles. The molecular weight excluding hydrogens is 250 g/mol. The lowest BCUT2D eigenvalue weighted by molar-refractivity contribution is 0.0695. The topological polar surface area (TPSA) is 42.2 Å². The Morgan fingerprint density at radius 2 is 1.75 bits per heavy atom. The van der Waals surface area contributed by atoms with Crippen molar-refractivity contribution in [1.29, 1.82) is 0 Å². The predicted octanol–water partition coefficient (Wildman–Crippen LogP) is 3.59. The Hall–Kier alpha value is -2.03. The summed E-state index contributed by atoms with van der Waals surface area (Å²) < 4.78 is 2.14. The summed E-state index contributed by atoms with van der Waals surface area (Å²) in [5.74, 6) is -0.802. The number of rotatable bonds is 2. The van der Waals surface area contributed by atoms with Crippen molar-refractivity contribution in [2.45, 2.75) is 40.0 Å². The molecule has 1 heterocycles. The molecule has 3 heteroatoms. The third-order valence-corrected chi connectivity index (χ3v) is 4.14. The van der Waals surface area contributed by atoms with E-state index in [1.807, 2.05) is 6.92 Å². The van der Waals surface area contributed by atoms with Crippen LogP contribution in [0.25, 0.3) is 5.69 Å².